The smallest absolute Gasteiger partial charge is 0.200 e. The number of aromatic amines is 1. The molecule has 0 aliphatic carbocycles. The number of nitrogens with one attached hydrogen (secondary N) is 2. The van der Waals surface area contributed by atoms with E-state index >= 15 is 0 Å². The lowest BCUT2D eigenvalue weighted by atomic mass is 10.4. The van der Waals surface area contributed by atoms with Crippen molar-refractivity contribution in [2.75, 3.05) is 11.9 Å². The number of hydrogen-bond donors (Lipinski definition) is 3. The highest BCUT2D eigenvalue weighted by atomic mass is 35.5. The van der Waals surface area contributed by atoms with Crippen molar-refractivity contribution in [2.45, 2.75) is 13.0 Å². The van der Waals surface area contributed by atoms with Crippen molar-refractivity contribution in [3.05, 3.63) is 12.4 Å². The van der Waals surface area contributed by atoms with Gasteiger partial charge >= 0.3 is 0 Å². The molecule has 0 saturated heterocycles. The number of anilines is 1. The molecule has 0 aromatic carbocycles. The Morgan fingerprint density at radius 1 is 1.67 bits per heavy atom. The maximum absolute atomic E-state index is 5.50. The molecule has 0 radical (unpaired) electrons. The van der Waals surface area contributed by atoms with Crippen molar-refractivity contribution in [3.8, 4) is 0 Å². The Kier molecular flexibility index (Phi) is 8.47. The predicted octanol–water partition coefficient (Wildman–Crippen LogP) is 1.01. The standard InChI is InChI=1S/C6H12N4.2ClH/c1-5(7)4-10-6-8-2-3-9-6;;/h2-3,5H,4,7H2,1H3,(H2,8,9,10);2*1H. The molecule has 0 aliphatic rings. The van der Waals surface area contributed by atoms with E-state index in [0.717, 1.165) is 12.5 Å². The minimum atomic E-state index is 0. The molecule has 4 N–H and O–H groups in total. The summed E-state index contributed by atoms with van der Waals surface area (Å²) in [5.74, 6) is 0.775. The third kappa shape index (κ3) is 5.23. The summed E-state index contributed by atoms with van der Waals surface area (Å²) in [6, 6.07) is 0.157. The molecule has 0 aliphatic heterocycles. The monoisotopic (exact) mass is 212 g/mol. The van der Waals surface area contributed by atoms with Gasteiger partial charge in [-0.1, -0.05) is 0 Å². The highest BCUT2D eigenvalue weighted by molar-refractivity contribution is 5.85. The van der Waals surface area contributed by atoms with Gasteiger partial charge in [0.05, 0.1) is 0 Å². The van der Waals surface area contributed by atoms with Crippen molar-refractivity contribution in [2.24, 2.45) is 5.73 Å². The van der Waals surface area contributed by atoms with Gasteiger partial charge in [-0.2, -0.15) is 0 Å². The van der Waals surface area contributed by atoms with E-state index < -0.39 is 0 Å². The first kappa shape index (κ1) is 14.1. The quantitative estimate of drug-likeness (QED) is 0.702. The fourth-order valence-electron chi connectivity index (χ4n) is 0.620. The summed E-state index contributed by atoms with van der Waals surface area (Å²) >= 11 is 0. The lowest BCUT2D eigenvalue weighted by Gasteiger charge is -2.04. The lowest BCUT2D eigenvalue weighted by Crippen LogP contribution is -2.25. The first-order chi connectivity index (χ1) is 4.79. The average molecular weight is 213 g/mol. The van der Waals surface area contributed by atoms with Gasteiger partial charge in [-0.05, 0) is 6.92 Å². The Morgan fingerprint density at radius 3 is 2.75 bits per heavy atom. The fraction of sp³-hybridized carbons (Fsp3) is 0.500. The number of imidazole rings is 1. The second-order valence-corrected chi connectivity index (χ2v) is 2.30. The van der Waals surface area contributed by atoms with Crippen molar-refractivity contribution in [1.29, 1.82) is 0 Å². The summed E-state index contributed by atoms with van der Waals surface area (Å²) in [7, 11) is 0. The fourth-order valence-corrected chi connectivity index (χ4v) is 0.620. The van der Waals surface area contributed by atoms with Crippen LogP contribution in [0.1, 0.15) is 6.92 Å². The molecule has 0 spiro atoms. The Bertz CT molecular complexity index is 176. The third-order valence-electron chi connectivity index (χ3n) is 1.09. The van der Waals surface area contributed by atoms with Gasteiger partial charge in [0, 0.05) is 25.0 Å². The third-order valence-corrected chi connectivity index (χ3v) is 1.09. The van der Waals surface area contributed by atoms with Crippen molar-refractivity contribution in [3.63, 3.8) is 0 Å². The van der Waals surface area contributed by atoms with Gasteiger partial charge in [0.15, 0.2) is 5.95 Å². The summed E-state index contributed by atoms with van der Waals surface area (Å²) in [5, 5.41) is 3.03. The molecule has 0 fully saturated rings. The van der Waals surface area contributed by atoms with Gasteiger partial charge < -0.3 is 16.0 Å². The molecular weight excluding hydrogens is 199 g/mol. The predicted molar refractivity (Wildman–Crippen MR) is 55.2 cm³/mol. The molecule has 1 aromatic rings. The molecule has 12 heavy (non-hydrogen) atoms. The normalized spacial score (nSPS) is 10.8. The number of nitrogens with zero attached hydrogens (tertiary/aromatic N) is 1. The molecule has 72 valence electrons. The van der Waals surface area contributed by atoms with E-state index in [-0.39, 0.29) is 30.9 Å². The van der Waals surface area contributed by atoms with Crippen LogP contribution < -0.4 is 11.1 Å². The number of hydrogen-bond acceptors (Lipinski definition) is 3. The van der Waals surface area contributed by atoms with Gasteiger partial charge in [0.25, 0.3) is 0 Å². The van der Waals surface area contributed by atoms with Gasteiger partial charge in [-0.3, -0.25) is 0 Å². The van der Waals surface area contributed by atoms with E-state index in [1.54, 1.807) is 12.4 Å². The first-order valence-electron chi connectivity index (χ1n) is 3.28. The van der Waals surface area contributed by atoms with Gasteiger partial charge in [0.1, 0.15) is 0 Å². The summed E-state index contributed by atoms with van der Waals surface area (Å²) < 4.78 is 0. The number of nitrogens with two attached hydrogens (primary N) is 1. The maximum atomic E-state index is 5.50. The molecule has 4 nitrogen and oxygen atoms in total. The van der Waals surface area contributed by atoms with Crippen LogP contribution in [0.4, 0.5) is 5.95 Å². The molecule has 1 unspecified atom stereocenters. The van der Waals surface area contributed by atoms with Crippen LogP contribution in [-0.2, 0) is 0 Å². The van der Waals surface area contributed by atoms with Crippen LogP contribution in [0, 0.1) is 0 Å². The van der Waals surface area contributed by atoms with Crippen LogP contribution in [0.3, 0.4) is 0 Å². The largest absolute Gasteiger partial charge is 0.354 e. The van der Waals surface area contributed by atoms with Crippen LogP contribution in [-0.4, -0.2) is 22.6 Å². The van der Waals surface area contributed by atoms with E-state index in [4.69, 9.17) is 5.73 Å². The van der Waals surface area contributed by atoms with Crippen molar-refractivity contribution >= 4 is 30.8 Å². The van der Waals surface area contributed by atoms with Crippen molar-refractivity contribution in [1.82, 2.24) is 9.97 Å². The van der Waals surface area contributed by atoms with Gasteiger partial charge in [-0.15, -0.1) is 24.8 Å². The highest BCUT2D eigenvalue weighted by Gasteiger charge is 1.94. The second-order valence-electron chi connectivity index (χ2n) is 2.30. The topological polar surface area (TPSA) is 66.7 Å². The molecule has 0 bridgehead atoms. The number of aromatic nitrogens is 2. The van der Waals surface area contributed by atoms with E-state index in [0.29, 0.717) is 0 Å². The van der Waals surface area contributed by atoms with Crippen molar-refractivity contribution < 1.29 is 0 Å². The zero-order chi connectivity index (χ0) is 7.40. The highest BCUT2D eigenvalue weighted by Crippen LogP contribution is 1.93. The van der Waals surface area contributed by atoms with Gasteiger partial charge in [0.2, 0.25) is 0 Å². The number of halogens is 2. The Balaban J connectivity index is 0. The molecule has 0 saturated carbocycles. The van der Waals surface area contributed by atoms with E-state index in [2.05, 4.69) is 15.3 Å². The van der Waals surface area contributed by atoms with E-state index in [1.165, 1.54) is 0 Å². The van der Waals surface area contributed by atoms with Crippen LogP contribution >= 0.6 is 24.8 Å². The summed E-state index contributed by atoms with van der Waals surface area (Å²) in [6.07, 6.45) is 3.47. The van der Waals surface area contributed by atoms with Crippen LogP contribution in [0.25, 0.3) is 0 Å². The first-order valence-corrected chi connectivity index (χ1v) is 3.28. The van der Waals surface area contributed by atoms with Gasteiger partial charge in [-0.25, -0.2) is 4.98 Å². The molecule has 0 amide bonds. The number of H-pyrrole nitrogens is 1. The zero-order valence-electron chi connectivity index (χ0n) is 6.78. The van der Waals surface area contributed by atoms with Crippen LogP contribution in [0.5, 0.6) is 0 Å². The zero-order valence-corrected chi connectivity index (χ0v) is 8.41. The lowest BCUT2D eigenvalue weighted by molar-refractivity contribution is 0.775. The molecule has 1 heterocycles. The molecular formula is C6H14Cl2N4. The summed E-state index contributed by atoms with van der Waals surface area (Å²) in [5.41, 5.74) is 5.50. The minimum Gasteiger partial charge on any atom is -0.354 e. The number of rotatable bonds is 3. The minimum absolute atomic E-state index is 0. The maximum Gasteiger partial charge on any atom is 0.200 e. The molecule has 1 atom stereocenters. The van der Waals surface area contributed by atoms with Crippen LogP contribution in [0.2, 0.25) is 0 Å². The summed E-state index contributed by atoms with van der Waals surface area (Å²) in [4.78, 5) is 6.88. The molecule has 6 heteroatoms. The van der Waals surface area contributed by atoms with E-state index in [9.17, 15) is 0 Å². The Labute approximate surface area is 84.2 Å². The second kappa shape index (κ2) is 7.21. The van der Waals surface area contributed by atoms with E-state index in [1.807, 2.05) is 6.92 Å². The molecule has 1 rings (SSSR count). The summed E-state index contributed by atoms with van der Waals surface area (Å²) in [6.45, 7) is 2.68. The SMILES string of the molecule is CC(N)CNc1ncc[nH]1.Cl.Cl. The average Bonchev–Trinajstić information content (AvgIpc) is 2.34. The molecule has 1 aromatic heterocycles. The Hall–Kier alpha value is -0.450. The Morgan fingerprint density at radius 2 is 2.33 bits per heavy atom. The van der Waals surface area contributed by atoms with Crippen LogP contribution in [0.15, 0.2) is 12.4 Å².